The van der Waals surface area contributed by atoms with Crippen molar-refractivity contribution in [1.82, 2.24) is 9.55 Å². The fourth-order valence-electron chi connectivity index (χ4n) is 3.42. The van der Waals surface area contributed by atoms with Crippen LogP contribution in [0.2, 0.25) is 0 Å². The highest BCUT2D eigenvalue weighted by molar-refractivity contribution is 7.18. The number of aromatic nitrogens is 2. The summed E-state index contributed by atoms with van der Waals surface area (Å²) in [4.78, 5) is 21.5. The summed E-state index contributed by atoms with van der Waals surface area (Å²) >= 11 is 3.45. The summed E-state index contributed by atoms with van der Waals surface area (Å²) in [5, 5.41) is 6.29. The number of thiophene rings is 2. The molecule has 4 nitrogen and oxygen atoms in total. The molecule has 25 heavy (non-hydrogen) atoms. The van der Waals surface area contributed by atoms with Gasteiger partial charge in [0.25, 0.3) is 5.56 Å². The molecule has 0 aliphatic heterocycles. The van der Waals surface area contributed by atoms with Crippen LogP contribution in [0.25, 0.3) is 10.2 Å². The first-order valence-electron chi connectivity index (χ1n) is 8.70. The first kappa shape index (κ1) is 16.5. The normalized spacial score (nSPS) is 13.8. The summed E-state index contributed by atoms with van der Waals surface area (Å²) in [7, 11) is 0. The molecule has 1 aliphatic carbocycles. The Labute approximate surface area is 154 Å². The van der Waals surface area contributed by atoms with Gasteiger partial charge < -0.3 is 5.32 Å². The minimum atomic E-state index is 0.0722. The third-order valence-electron chi connectivity index (χ3n) is 4.62. The predicted octanol–water partition coefficient (Wildman–Crippen LogP) is 4.24. The lowest BCUT2D eigenvalue weighted by Crippen LogP contribution is -2.25. The Bertz CT molecular complexity index is 953. The summed E-state index contributed by atoms with van der Waals surface area (Å²) in [6.45, 7) is 5.05. The molecular weight excluding hydrogens is 350 g/mol. The number of nitrogens with one attached hydrogen (secondary N) is 1. The van der Waals surface area contributed by atoms with Gasteiger partial charge in [-0.3, -0.25) is 9.36 Å². The van der Waals surface area contributed by atoms with Crippen LogP contribution in [0.15, 0.2) is 35.0 Å². The van der Waals surface area contributed by atoms with Gasteiger partial charge in [0.15, 0.2) is 0 Å². The van der Waals surface area contributed by atoms with E-state index in [0.717, 1.165) is 36.0 Å². The molecule has 6 heteroatoms. The minimum Gasteiger partial charge on any atom is -0.355 e. The van der Waals surface area contributed by atoms with E-state index in [1.54, 1.807) is 33.3 Å². The number of hydrogen-bond donors (Lipinski definition) is 1. The Hall–Kier alpha value is -1.92. The molecule has 1 aliphatic rings. The fourth-order valence-corrected chi connectivity index (χ4v) is 5.39. The third-order valence-corrected chi connectivity index (χ3v) is 6.74. The summed E-state index contributed by atoms with van der Waals surface area (Å²) < 4.78 is 1.73. The molecule has 0 atom stereocenters. The van der Waals surface area contributed by atoms with Crippen molar-refractivity contribution < 1.29 is 0 Å². The van der Waals surface area contributed by atoms with E-state index in [1.807, 2.05) is 0 Å². The van der Waals surface area contributed by atoms with Crippen LogP contribution in [-0.2, 0) is 25.8 Å². The molecule has 0 unspecified atom stereocenters. The van der Waals surface area contributed by atoms with Crippen LogP contribution in [-0.4, -0.2) is 16.1 Å². The lowest BCUT2D eigenvalue weighted by atomic mass is 9.97. The van der Waals surface area contributed by atoms with Crippen molar-refractivity contribution in [2.24, 2.45) is 0 Å². The number of nitrogens with zero attached hydrogens (tertiary/aromatic N) is 2. The fraction of sp³-hybridized carbons (Fsp3) is 0.368. The first-order chi connectivity index (χ1) is 12.3. The van der Waals surface area contributed by atoms with Gasteiger partial charge >= 0.3 is 0 Å². The van der Waals surface area contributed by atoms with E-state index in [0.29, 0.717) is 12.5 Å². The second-order valence-electron chi connectivity index (χ2n) is 6.29. The van der Waals surface area contributed by atoms with Gasteiger partial charge in [0.2, 0.25) is 5.95 Å². The van der Waals surface area contributed by atoms with Gasteiger partial charge in [-0.1, -0.05) is 12.1 Å². The molecule has 1 N–H and O–H groups in total. The molecule has 0 bridgehead atoms. The first-order valence-corrected chi connectivity index (χ1v) is 10.4. The molecule has 0 saturated carbocycles. The molecule has 0 spiro atoms. The Morgan fingerprint density at radius 2 is 2.24 bits per heavy atom. The standard InChI is InChI=1S/C19H21N3OS2/c1-2-11-22-18(23)16-14-7-3-4-8-15(14)25-17(16)21-19(22)20-10-9-13-6-5-12-24-13/h2,5-6,12H,1,3-4,7-11H2,(H,20,21). The van der Waals surface area contributed by atoms with Crippen molar-refractivity contribution in [3.8, 4) is 0 Å². The average Bonchev–Trinajstić information content (AvgIpc) is 3.25. The number of rotatable bonds is 6. The Morgan fingerprint density at radius 1 is 1.36 bits per heavy atom. The van der Waals surface area contributed by atoms with Gasteiger partial charge in [-0.25, -0.2) is 4.98 Å². The molecule has 3 heterocycles. The van der Waals surface area contributed by atoms with Gasteiger partial charge in [0.05, 0.1) is 5.39 Å². The molecule has 0 saturated heterocycles. The van der Waals surface area contributed by atoms with E-state index >= 15 is 0 Å². The van der Waals surface area contributed by atoms with E-state index in [-0.39, 0.29) is 5.56 Å². The SMILES string of the molecule is C=CCn1c(NCCc2cccs2)nc2sc3c(c2c1=O)CCCC3. The van der Waals surface area contributed by atoms with E-state index in [2.05, 4.69) is 29.4 Å². The highest BCUT2D eigenvalue weighted by Crippen LogP contribution is 2.34. The second-order valence-corrected chi connectivity index (χ2v) is 8.40. The molecule has 3 aromatic heterocycles. The Kier molecular flexibility index (Phi) is 4.72. The van der Waals surface area contributed by atoms with Crippen LogP contribution in [0, 0.1) is 0 Å². The minimum absolute atomic E-state index is 0.0722. The van der Waals surface area contributed by atoms with Crippen LogP contribution in [0.1, 0.15) is 28.2 Å². The van der Waals surface area contributed by atoms with Crippen molar-refractivity contribution in [1.29, 1.82) is 0 Å². The van der Waals surface area contributed by atoms with Crippen LogP contribution >= 0.6 is 22.7 Å². The van der Waals surface area contributed by atoms with Gasteiger partial charge in [-0.2, -0.15) is 0 Å². The number of hydrogen-bond acceptors (Lipinski definition) is 5. The van der Waals surface area contributed by atoms with Crippen LogP contribution < -0.4 is 10.9 Å². The number of anilines is 1. The van der Waals surface area contributed by atoms with Crippen LogP contribution in [0.3, 0.4) is 0 Å². The van der Waals surface area contributed by atoms with E-state index in [9.17, 15) is 4.79 Å². The molecule has 0 radical (unpaired) electrons. The number of allylic oxidation sites excluding steroid dienone is 1. The Balaban J connectivity index is 1.70. The summed E-state index contributed by atoms with van der Waals surface area (Å²) in [5.74, 6) is 0.660. The highest BCUT2D eigenvalue weighted by atomic mass is 32.1. The lowest BCUT2D eigenvalue weighted by molar-refractivity contribution is 0.698. The molecule has 3 aromatic rings. The average molecular weight is 372 g/mol. The van der Waals surface area contributed by atoms with Crippen molar-refractivity contribution in [2.75, 3.05) is 11.9 Å². The zero-order valence-corrected chi connectivity index (χ0v) is 15.7. The largest absolute Gasteiger partial charge is 0.355 e. The molecular formula is C19H21N3OS2. The van der Waals surface area contributed by atoms with Gasteiger partial charge in [0.1, 0.15) is 4.83 Å². The molecule has 130 valence electrons. The Morgan fingerprint density at radius 3 is 3.04 bits per heavy atom. The number of aryl methyl sites for hydroxylation is 2. The van der Waals surface area contributed by atoms with Crippen molar-refractivity contribution >= 4 is 38.8 Å². The van der Waals surface area contributed by atoms with Crippen molar-refractivity contribution in [2.45, 2.75) is 38.6 Å². The molecule has 0 amide bonds. The van der Waals surface area contributed by atoms with E-state index < -0.39 is 0 Å². The maximum absolute atomic E-state index is 13.1. The van der Waals surface area contributed by atoms with E-state index in [1.165, 1.54) is 28.2 Å². The van der Waals surface area contributed by atoms with Crippen molar-refractivity contribution in [3.63, 3.8) is 0 Å². The topological polar surface area (TPSA) is 46.9 Å². The zero-order chi connectivity index (χ0) is 17.2. The summed E-state index contributed by atoms with van der Waals surface area (Å²) in [6, 6.07) is 4.20. The maximum Gasteiger partial charge on any atom is 0.264 e. The number of fused-ring (bicyclic) bond motifs is 3. The van der Waals surface area contributed by atoms with Gasteiger partial charge in [-0.15, -0.1) is 29.3 Å². The smallest absolute Gasteiger partial charge is 0.264 e. The lowest BCUT2D eigenvalue weighted by Gasteiger charge is -2.13. The van der Waals surface area contributed by atoms with Crippen LogP contribution in [0.5, 0.6) is 0 Å². The zero-order valence-electron chi connectivity index (χ0n) is 14.1. The quantitative estimate of drug-likeness (QED) is 0.659. The monoisotopic (exact) mass is 371 g/mol. The maximum atomic E-state index is 13.1. The third kappa shape index (κ3) is 3.16. The predicted molar refractivity (Wildman–Crippen MR) is 107 cm³/mol. The molecule has 0 fully saturated rings. The van der Waals surface area contributed by atoms with E-state index in [4.69, 9.17) is 4.98 Å². The van der Waals surface area contributed by atoms with Gasteiger partial charge in [0, 0.05) is 22.8 Å². The molecule has 4 rings (SSSR count). The summed E-state index contributed by atoms with van der Waals surface area (Å²) in [5.41, 5.74) is 1.31. The highest BCUT2D eigenvalue weighted by Gasteiger charge is 2.21. The molecule has 0 aromatic carbocycles. The summed E-state index contributed by atoms with van der Waals surface area (Å²) in [6.07, 6.45) is 7.16. The second kappa shape index (κ2) is 7.14. The van der Waals surface area contributed by atoms with Crippen LogP contribution in [0.4, 0.5) is 5.95 Å². The van der Waals surface area contributed by atoms with Crippen molar-refractivity contribution in [3.05, 3.63) is 55.8 Å². The van der Waals surface area contributed by atoms with Gasteiger partial charge in [-0.05, 0) is 49.1 Å².